The van der Waals surface area contributed by atoms with Crippen molar-refractivity contribution in [3.8, 4) is 0 Å². The zero-order chi connectivity index (χ0) is 11.9. The largest absolute Gasteiger partial charge is 0.294 e. The summed E-state index contributed by atoms with van der Waals surface area (Å²) in [7, 11) is 0. The first kappa shape index (κ1) is 11.5. The summed E-state index contributed by atoms with van der Waals surface area (Å²) in [5.74, 6) is 0.0286. The molecule has 0 bridgehead atoms. The average Bonchev–Trinajstić information content (AvgIpc) is 2.56. The SMILES string of the molecule is CC(=O)c1cnc2c(I)nn(C(C)C)c2c1. The first-order chi connectivity index (χ1) is 7.50. The van der Waals surface area contributed by atoms with E-state index in [1.165, 1.54) is 0 Å². The smallest absolute Gasteiger partial charge is 0.161 e. The van der Waals surface area contributed by atoms with Crippen molar-refractivity contribution in [3.63, 3.8) is 0 Å². The molecule has 5 heteroatoms. The Morgan fingerprint density at radius 3 is 2.75 bits per heavy atom. The second-order valence-corrected chi connectivity index (χ2v) is 5.00. The number of aromatic nitrogens is 3. The van der Waals surface area contributed by atoms with E-state index in [1.54, 1.807) is 13.1 Å². The fourth-order valence-electron chi connectivity index (χ4n) is 1.57. The molecule has 0 atom stereocenters. The van der Waals surface area contributed by atoms with E-state index in [1.807, 2.05) is 10.7 Å². The molecule has 2 aromatic rings. The molecule has 0 N–H and O–H groups in total. The summed E-state index contributed by atoms with van der Waals surface area (Å²) in [6.45, 7) is 5.66. The predicted octanol–water partition coefficient (Wildman–Crippen LogP) is 2.82. The van der Waals surface area contributed by atoms with Crippen molar-refractivity contribution < 1.29 is 4.79 Å². The van der Waals surface area contributed by atoms with E-state index >= 15 is 0 Å². The molecule has 0 amide bonds. The molecule has 0 spiro atoms. The Hall–Kier alpha value is -0.980. The molecule has 16 heavy (non-hydrogen) atoms. The molecule has 0 fully saturated rings. The summed E-state index contributed by atoms with van der Waals surface area (Å²) in [5, 5.41) is 4.42. The van der Waals surface area contributed by atoms with Crippen molar-refractivity contribution in [1.82, 2.24) is 14.8 Å². The van der Waals surface area contributed by atoms with Crippen LogP contribution < -0.4 is 0 Å². The summed E-state index contributed by atoms with van der Waals surface area (Å²) >= 11 is 2.16. The highest BCUT2D eigenvalue weighted by Gasteiger charge is 2.13. The van der Waals surface area contributed by atoms with E-state index in [2.05, 4.69) is 46.5 Å². The fourth-order valence-corrected chi connectivity index (χ4v) is 2.22. The number of pyridine rings is 1. The van der Waals surface area contributed by atoms with Gasteiger partial charge in [0.2, 0.25) is 0 Å². The van der Waals surface area contributed by atoms with Crippen molar-refractivity contribution in [2.75, 3.05) is 0 Å². The van der Waals surface area contributed by atoms with E-state index in [0.717, 1.165) is 14.7 Å². The molecule has 2 rings (SSSR count). The van der Waals surface area contributed by atoms with Crippen molar-refractivity contribution >= 4 is 39.4 Å². The van der Waals surface area contributed by atoms with Gasteiger partial charge in [-0.05, 0) is 49.4 Å². The van der Waals surface area contributed by atoms with E-state index < -0.39 is 0 Å². The van der Waals surface area contributed by atoms with Crippen LogP contribution in [0.1, 0.15) is 37.2 Å². The van der Waals surface area contributed by atoms with Crippen LogP contribution in [0.25, 0.3) is 11.0 Å². The Kier molecular flexibility index (Phi) is 2.96. The number of hydrogen-bond donors (Lipinski definition) is 0. The first-order valence-electron chi connectivity index (χ1n) is 5.05. The molecule has 0 aromatic carbocycles. The first-order valence-corrected chi connectivity index (χ1v) is 6.13. The highest BCUT2D eigenvalue weighted by atomic mass is 127. The molecule has 4 nitrogen and oxygen atoms in total. The summed E-state index contributed by atoms with van der Waals surface area (Å²) in [6, 6.07) is 2.12. The van der Waals surface area contributed by atoms with Gasteiger partial charge in [-0.1, -0.05) is 0 Å². The van der Waals surface area contributed by atoms with E-state index in [4.69, 9.17) is 0 Å². The van der Waals surface area contributed by atoms with Gasteiger partial charge in [0.25, 0.3) is 0 Å². The Morgan fingerprint density at radius 1 is 1.50 bits per heavy atom. The second-order valence-electron chi connectivity index (χ2n) is 3.98. The van der Waals surface area contributed by atoms with Gasteiger partial charge in [0.1, 0.15) is 9.22 Å². The third-order valence-corrected chi connectivity index (χ3v) is 3.13. The van der Waals surface area contributed by atoms with Crippen LogP contribution in [0, 0.1) is 3.70 Å². The lowest BCUT2D eigenvalue weighted by molar-refractivity contribution is 0.101. The number of nitrogens with zero attached hydrogens (tertiary/aromatic N) is 3. The van der Waals surface area contributed by atoms with Crippen LogP contribution >= 0.6 is 22.6 Å². The van der Waals surface area contributed by atoms with Crippen LogP contribution in [-0.4, -0.2) is 20.5 Å². The summed E-state index contributed by atoms with van der Waals surface area (Å²) < 4.78 is 2.77. The number of ketones is 1. The molecule has 0 saturated heterocycles. The molecule has 2 aromatic heterocycles. The Balaban J connectivity index is 2.74. The lowest BCUT2D eigenvalue weighted by Crippen LogP contribution is -2.03. The maximum atomic E-state index is 11.3. The molecule has 2 heterocycles. The minimum Gasteiger partial charge on any atom is -0.294 e. The standard InChI is InChI=1S/C11H12IN3O/c1-6(2)15-9-4-8(7(3)16)5-13-10(9)11(12)14-15/h4-6H,1-3H3. The average molecular weight is 329 g/mol. The number of halogens is 1. The van der Waals surface area contributed by atoms with Crippen LogP contribution in [-0.2, 0) is 0 Å². The topological polar surface area (TPSA) is 47.8 Å². The zero-order valence-corrected chi connectivity index (χ0v) is 11.5. The molecule has 0 aliphatic heterocycles. The maximum absolute atomic E-state index is 11.3. The highest BCUT2D eigenvalue weighted by molar-refractivity contribution is 14.1. The van der Waals surface area contributed by atoms with Gasteiger partial charge in [-0.15, -0.1) is 0 Å². The van der Waals surface area contributed by atoms with Crippen LogP contribution in [0.3, 0.4) is 0 Å². The number of carbonyl (C=O) groups is 1. The van der Waals surface area contributed by atoms with Crippen LogP contribution in [0.5, 0.6) is 0 Å². The molecule has 84 valence electrons. The van der Waals surface area contributed by atoms with Crippen molar-refractivity contribution in [3.05, 3.63) is 21.5 Å². The van der Waals surface area contributed by atoms with Gasteiger partial charge in [-0.25, -0.2) is 0 Å². The van der Waals surface area contributed by atoms with E-state index in [-0.39, 0.29) is 11.8 Å². The molecular weight excluding hydrogens is 317 g/mol. The summed E-state index contributed by atoms with van der Waals surface area (Å²) in [4.78, 5) is 15.6. The molecular formula is C11H12IN3O. The van der Waals surface area contributed by atoms with Gasteiger partial charge in [0, 0.05) is 17.8 Å². The van der Waals surface area contributed by atoms with E-state index in [9.17, 15) is 4.79 Å². The molecule has 0 radical (unpaired) electrons. The molecule has 0 unspecified atom stereocenters. The van der Waals surface area contributed by atoms with Crippen molar-refractivity contribution in [2.45, 2.75) is 26.8 Å². The maximum Gasteiger partial charge on any atom is 0.161 e. The van der Waals surface area contributed by atoms with Gasteiger partial charge in [-0.2, -0.15) is 5.10 Å². The lowest BCUT2D eigenvalue weighted by Gasteiger charge is -2.06. The molecule has 0 aliphatic carbocycles. The normalized spacial score (nSPS) is 11.3. The minimum atomic E-state index is 0.0286. The van der Waals surface area contributed by atoms with Gasteiger partial charge < -0.3 is 0 Å². The van der Waals surface area contributed by atoms with Crippen molar-refractivity contribution in [1.29, 1.82) is 0 Å². The Morgan fingerprint density at radius 2 is 2.19 bits per heavy atom. The summed E-state index contributed by atoms with van der Waals surface area (Å²) in [6.07, 6.45) is 1.61. The third kappa shape index (κ3) is 1.83. The van der Waals surface area contributed by atoms with Gasteiger partial charge in [0.05, 0.1) is 5.52 Å². The third-order valence-electron chi connectivity index (χ3n) is 2.40. The summed E-state index contributed by atoms with van der Waals surface area (Å²) in [5.41, 5.74) is 2.41. The zero-order valence-electron chi connectivity index (χ0n) is 9.36. The van der Waals surface area contributed by atoms with Crippen LogP contribution in [0.15, 0.2) is 12.3 Å². The monoisotopic (exact) mass is 329 g/mol. The van der Waals surface area contributed by atoms with Gasteiger partial charge >= 0.3 is 0 Å². The Bertz CT molecular complexity index is 560. The number of fused-ring (bicyclic) bond motifs is 1. The van der Waals surface area contributed by atoms with Gasteiger partial charge in [0.15, 0.2) is 5.78 Å². The van der Waals surface area contributed by atoms with Crippen molar-refractivity contribution in [2.24, 2.45) is 0 Å². The van der Waals surface area contributed by atoms with Crippen LogP contribution in [0.4, 0.5) is 0 Å². The number of Topliss-reactive ketones (excluding diaryl/α,β-unsaturated/α-hetero) is 1. The molecule has 0 aliphatic rings. The lowest BCUT2D eigenvalue weighted by atomic mass is 10.2. The second kappa shape index (κ2) is 4.12. The van der Waals surface area contributed by atoms with Crippen LogP contribution in [0.2, 0.25) is 0 Å². The quantitative estimate of drug-likeness (QED) is 0.629. The number of hydrogen-bond acceptors (Lipinski definition) is 3. The molecule has 0 saturated carbocycles. The Labute approximate surface area is 107 Å². The highest BCUT2D eigenvalue weighted by Crippen LogP contribution is 2.22. The number of carbonyl (C=O) groups excluding carboxylic acids is 1. The van der Waals surface area contributed by atoms with E-state index in [0.29, 0.717) is 5.56 Å². The van der Waals surface area contributed by atoms with Gasteiger partial charge in [-0.3, -0.25) is 14.5 Å². The number of rotatable bonds is 2. The predicted molar refractivity (Wildman–Crippen MR) is 70.6 cm³/mol. The fraction of sp³-hybridized carbons (Fsp3) is 0.364. The minimum absolute atomic E-state index is 0.0286.